The molecule has 13 heavy (non-hydrogen) atoms. The molecule has 1 aromatic rings. The average Bonchev–Trinajstić information content (AvgIpc) is 2.67. The largest absolute Gasteiger partial charge is 0.361 e. The second-order valence-electron chi connectivity index (χ2n) is 3.75. The molecule has 0 bridgehead atoms. The summed E-state index contributed by atoms with van der Waals surface area (Å²) in [5.41, 5.74) is 6.69. The fourth-order valence-corrected chi connectivity index (χ4v) is 2.12. The van der Waals surface area contributed by atoms with Gasteiger partial charge in [-0.05, 0) is 12.8 Å². The zero-order chi connectivity index (χ0) is 9.10. The summed E-state index contributed by atoms with van der Waals surface area (Å²) < 4.78 is 5.26. The Labute approximate surface area is 78.3 Å². The predicted molar refractivity (Wildman–Crippen MR) is 50.2 cm³/mol. The van der Waals surface area contributed by atoms with Gasteiger partial charge in [0.25, 0.3) is 0 Å². The quantitative estimate of drug-likeness (QED) is 0.759. The molecule has 2 rings (SSSR count). The molecule has 1 fully saturated rings. The van der Waals surface area contributed by atoms with Crippen molar-refractivity contribution in [3.8, 4) is 0 Å². The normalized spacial score (nSPS) is 19.2. The first-order valence-corrected chi connectivity index (χ1v) is 5.05. The second-order valence-corrected chi connectivity index (χ2v) is 3.75. The molecule has 0 atom stereocenters. The highest BCUT2D eigenvalue weighted by molar-refractivity contribution is 5.17. The SMILES string of the molecule is NCc1cnoc1C1CCCCC1. The van der Waals surface area contributed by atoms with Crippen molar-refractivity contribution in [2.45, 2.75) is 44.6 Å². The summed E-state index contributed by atoms with van der Waals surface area (Å²) in [5.74, 6) is 1.62. The lowest BCUT2D eigenvalue weighted by Gasteiger charge is -2.19. The molecule has 0 radical (unpaired) electrons. The van der Waals surface area contributed by atoms with Gasteiger partial charge in [-0.3, -0.25) is 0 Å². The summed E-state index contributed by atoms with van der Waals surface area (Å²) in [6.45, 7) is 0.551. The van der Waals surface area contributed by atoms with Crippen molar-refractivity contribution in [1.82, 2.24) is 5.16 Å². The molecule has 0 spiro atoms. The van der Waals surface area contributed by atoms with Crippen LogP contribution in [-0.2, 0) is 6.54 Å². The van der Waals surface area contributed by atoms with Gasteiger partial charge in [0.15, 0.2) is 0 Å². The molecule has 1 aliphatic carbocycles. The van der Waals surface area contributed by atoms with E-state index in [2.05, 4.69) is 5.16 Å². The Kier molecular flexibility index (Phi) is 2.64. The zero-order valence-electron chi connectivity index (χ0n) is 7.83. The molecule has 0 amide bonds. The molecule has 1 aromatic heterocycles. The van der Waals surface area contributed by atoms with Gasteiger partial charge in [0, 0.05) is 18.0 Å². The smallest absolute Gasteiger partial charge is 0.144 e. The van der Waals surface area contributed by atoms with Crippen LogP contribution in [0.4, 0.5) is 0 Å². The van der Waals surface area contributed by atoms with Crippen molar-refractivity contribution in [1.29, 1.82) is 0 Å². The van der Waals surface area contributed by atoms with Crippen LogP contribution in [0.2, 0.25) is 0 Å². The van der Waals surface area contributed by atoms with Crippen LogP contribution < -0.4 is 5.73 Å². The third kappa shape index (κ3) is 1.75. The van der Waals surface area contributed by atoms with Crippen molar-refractivity contribution < 1.29 is 4.52 Å². The van der Waals surface area contributed by atoms with E-state index in [1.165, 1.54) is 32.1 Å². The number of aromatic nitrogens is 1. The lowest BCUT2D eigenvalue weighted by Crippen LogP contribution is -2.07. The molecule has 2 N–H and O–H groups in total. The van der Waals surface area contributed by atoms with Gasteiger partial charge in [-0.1, -0.05) is 24.4 Å². The summed E-state index contributed by atoms with van der Waals surface area (Å²) in [6, 6.07) is 0. The molecule has 0 saturated heterocycles. The van der Waals surface area contributed by atoms with E-state index in [-0.39, 0.29) is 0 Å². The maximum Gasteiger partial charge on any atom is 0.144 e. The number of hydrogen-bond acceptors (Lipinski definition) is 3. The molecule has 0 aromatic carbocycles. The van der Waals surface area contributed by atoms with Crippen molar-refractivity contribution in [2.24, 2.45) is 5.73 Å². The molecule has 0 aliphatic heterocycles. The summed E-state index contributed by atoms with van der Waals surface area (Å²) in [4.78, 5) is 0. The van der Waals surface area contributed by atoms with E-state index in [4.69, 9.17) is 10.3 Å². The van der Waals surface area contributed by atoms with Crippen molar-refractivity contribution in [2.75, 3.05) is 0 Å². The van der Waals surface area contributed by atoms with Gasteiger partial charge in [0.2, 0.25) is 0 Å². The highest BCUT2D eigenvalue weighted by atomic mass is 16.5. The molecular weight excluding hydrogens is 164 g/mol. The molecular formula is C10H16N2O. The monoisotopic (exact) mass is 180 g/mol. The molecule has 3 nitrogen and oxygen atoms in total. The summed E-state index contributed by atoms with van der Waals surface area (Å²) in [6.07, 6.45) is 8.22. The fraction of sp³-hybridized carbons (Fsp3) is 0.700. The van der Waals surface area contributed by atoms with Gasteiger partial charge in [0.1, 0.15) is 5.76 Å². The Morgan fingerprint density at radius 3 is 2.85 bits per heavy atom. The van der Waals surface area contributed by atoms with E-state index in [1.807, 2.05) is 0 Å². The van der Waals surface area contributed by atoms with Gasteiger partial charge in [-0.15, -0.1) is 0 Å². The Bertz CT molecular complexity index is 264. The van der Waals surface area contributed by atoms with Gasteiger partial charge in [-0.2, -0.15) is 0 Å². The Hall–Kier alpha value is -0.830. The van der Waals surface area contributed by atoms with Crippen LogP contribution in [0.3, 0.4) is 0 Å². The topological polar surface area (TPSA) is 52.0 Å². The highest BCUT2D eigenvalue weighted by Gasteiger charge is 2.21. The first-order chi connectivity index (χ1) is 6.42. The molecule has 0 unspecified atom stereocenters. The van der Waals surface area contributed by atoms with Crippen LogP contribution in [0.15, 0.2) is 10.7 Å². The molecule has 3 heteroatoms. The van der Waals surface area contributed by atoms with E-state index in [0.29, 0.717) is 12.5 Å². The summed E-state index contributed by atoms with van der Waals surface area (Å²) >= 11 is 0. The van der Waals surface area contributed by atoms with E-state index >= 15 is 0 Å². The zero-order valence-corrected chi connectivity index (χ0v) is 7.83. The third-order valence-corrected chi connectivity index (χ3v) is 2.87. The van der Waals surface area contributed by atoms with Crippen LogP contribution in [0.25, 0.3) is 0 Å². The number of hydrogen-bond donors (Lipinski definition) is 1. The minimum absolute atomic E-state index is 0.551. The molecule has 1 heterocycles. The maximum atomic E-state index is 5.60. The predicted octanol–water partition coefficient (Wildman–Crippen LogP) is 2.18. The van der Waals surface area contributed by atoms with Crippen molar-refractivity contribution in [3.63, 3.8) is 0 Å². The van der Waals surface area contributed by atoms with Crippen molar-refractivity contribution in [3.05, 3.63) is 17.5 Å². The van der Waals surface area contributed by atoms with Crippen molar-refractivity contribution >= 4 is 0 Å². The summed E-state index contributed by atoms with van der Waals surface area (Å²) in [5, 5.41) is 3.81. The molecule has 1 aliphatic rings. The molecule has 1 saturated carbocycles. The fourth-order valence-electron chi connectivity index (χ4n) is 2.12. The second kappa shape index (κ2) is 3.92. The summed E-state index contributed by atoms with van der Waals surface area (Å²) in [7, 11) is 0. The lowest BCUT2D eigenvalue weighted by molar-refractivity contribution is 0.319. The number of nitrogens with two attached hydrogens (primary N) is 1. The van der Waals surface area contributed by atoms with Gasteiger partial charge >= 0.3 is 0 Å². The Morgan fingerprint density at radius 2 is 2.15 bits per heavy atom. The number of nitrogens with zero attached hydrogens (tertiary/aromatic N) is 1. The first-order valence-electron chi connectivity index (χ1n) is 5.05. The standard InChI is InChI=1S/C10H16N2O/c11-6-9-7-12-13-10(9)8-4-2-1-3-5-8/h7-8H,1-6,11H2. The van der Waals surface area contributed by atoms with Crippen LogP contribution in [0, 0.1) is 0 Å². The molecule has 72 valence electrons. The minimum atomic E-state index is 0.551. The van der Waals surface area contributed by atoms with Gasteiger partial charge in [0.05, 0.1) is 6.20 Å². The third-order valence-electron chi connectivity index (χ3n) is 2.87. The maximum absolute atomic E-state index is 5.60. The van der Waals surface area contributed by atoms with E-state index in [9.17, 15) is 0 Å². The number of rotatable bonds is 2. The van der Waals surface area contributed by atoms with Gasteiger partial charge < -0.3 is 10.3 Å². The minimum Gasteiger partial charge on any atom is -0.361 e. The van der Waals surface area contributed by atoms with E-state index in [0.717, 1.165) is 11.3 Å². The van der Waals surface area contributed by atoms with E-state index in [1.54, 1.807) is 6.20 Å². The lowest BCUT2D eigenvalue weighted by atomic mass is 9.86. The van der Waals surface area contributed by atoms with Gasteiger partial charge in [-0.25, -0.2) is 0 Å². The van der Waals surface area contributed by atoms with Crippen LogP contribution in [0.5, 0.6) is 0 Å². The highest BCUT2D eigenvalue weighted by Crippen LogP contribution is 2.33. The van der Waals surface area contributed by atoms with E-state index < -0.39 is 0 Å². The van der Waals surface area contributed by atoms with Crippen LogP contribution >= 0.6 is 0 Å². The van der Waals surface area contributed by atoms with Crippen LogP contribution in [-0.4, -0.2) is 5.16 Å². The Morgan fingerprint density at radius 1 is 1.38 bits per heavy atom. The Balaban J connectivity index is 2.13. The van der Waals surface area contributed by atoms with Crippen LogP contribution in [0.1, 0.15) is 49.3 Å². The first kappa shape index (κ1) is 8.75. The average molecular weight is 180 g/mol.